The molecule has 1 fully saturated rings. The van der Waals surface area contributed by atoms with Crippen molar-refractivity contribution in [2.24, 2.45) is 5.10 Å². The van der Waals surface area contributed by atoms with Crippen molar-refractivity contribution in [1.82, 2.24) is 5.43 Å². The molecule has 0 heterocycles. The van der Waals surface area contributed by atoms with Gasteiger partial charge in [0.1, 0.15) is 6.42 Å². The van der Waals surface area contributed by atoms with Crippen LogP contribution in [0.5, 0.6) is 0 Å². The molecule has 2 rings (SSSR count). The zero-order valence-electron chi connectivity index (χ0n) is 11.3. The lowest BCUT2D eigenvalue weighted by Crippen LogP contribution is -2.25. The minimum atomic E-state index is -0.438. The van der Waals surface area contributed by atoms with Crippen molar-refractivity contribution in [2.45, 2.75) is 32.1 Å². The standard InChI is InChI=1S/C14H15Cl2N3O2/c15-11-6-5-10(7-12(11)16)17-13(20)8-14(21)19-18-9-3-1-2-4-9/h5-7H,1-4,8H2,(H,17,20)(H,19,21). The van der Waals surface area contributed by atoms with Crippen LogP contribution >= 0.6 is 23.2 Å². The SMILES string of the molecule is O=C(CC(=O)Nc1ccc(Cl)c(Cl)c1)NN=C1CCCC1. The molecule has 0 atom stereocenters. The number of nitrogens with one attached hydrogen (secondary N) is 2. The lowest BCUT2D eigenvalue weighted by atomic mass is 10.3. The van der Waals surface area contributed by atoms with Gasteiger partial charge in [-0.1, -0.05) is 23.2 Å². The molecule has 5 nitrogen and oxygen atoms in total. The highest BCUT2D eigenvalue weighted by atomic mass is 35.5. The highest BCUT2D eigenvalue weighted by molar-refractivity contribution is 6.42. The predicted molar refractivity (Wildman–Crippen MR) is 83.8 cm³/mol. The molecule has 1 saturated carbocycles. The molecule has 0 spiro atoms. The van der Waals surface area contributed by atoms with Crippen LogP contribution < -0.4 is 10.7 Å². The van der Waals surface area contributed by atoms with E-state index in [-0.39, 0.29) is 6.42 Å². The summed E-state index contributed by atoms with van der Waals surface area (Å²) < 4.78 is 0. The minimum absolute atomic E-state index is 0.295. The highest BCUT2D eigenvalue weighted by Gasteiger charge is 2.12. The van der Waals surface area contributed by atoms with E-state index in [1.54, 1.807) is 12.1 Å². The summed E-state index contributed by atoms with van der Waals surface area (Å²) in [7, 11) is 0. The van der Waals surface area contributed by atoms with Gasteiger partial charge in [-0.3, -0.25) is 9.59 Å². The molecule has 0 aromatic heterocycles. The summed E-state index contributed by atoms with van der Waals surface area (Å²) in [6.45, 7) is 0. The van der Waals surface area contributed by atoms with E-state index in [2.05, 4.69) is 15.8 Å². The molecule has 1 aliphatic carbocycles. The summed E-state index contributed by atoms with van der Waals surface area (Å²) in [5.41, 5.74) is 3.87. The molecule has 0 unspecified atom stereocenters. The first-order chi connectivity index (χ1) is 10.0. The molecular weight excluding hydrogens is 313 g/mol. The Hall–Kier alpha value is -1.59. The van der Waals surface area contributed by atoms with Crippen LogP contribution in [0.2, 0.25) is 10.0 Å². The largest absolute Gasteiger partial charge is 0.326 e. The maximum absolute atomic E-state index is 11.7. The summed E-state index contributed by atoms with van der Waals surface area (Å²) in [6.07, 6.45) is 3.74. The Labute approximate surface area is 132 Å². The van der Waals surface area contributed by atoms with Crippen molar-refractivity contribution >= 4 is 46.4 Å². The smallest absolute Gasteiger partial charge is 0.249 e. The zero-order valence-corrected chi connectivity index (χ0v) is 12.8. The van der Waals surface area contributed by atoms with Gasteiger partial charge in [-0.2, -0.15) is 5.10 Å². The third-order valence-corrected chi connectivity index (χ3v) is 3.78. The Kier molecular flexibility index (Phi) is 5.59. The maximum Gasteiger partial charge on any atom is 0.249 e. The van der Waals surface area contributed by atoms with Crippen molar-refractivity contribution in [3.05, 3.63) is 28.2 Å². The van der Waals surface area contributed by atoms with Crippen LogP contribution in [-0.2, 0) is 9.59 Å². The van der Waals surface area contributed by atoms with E-state index in [1.165, 1.54) is 6.07 Å². The summed E-state index contributed by atoms with van der Waals surface area (Å²) in [6, 6.07) is 4.72. The first-order valence-corrected chi connectivity index (χ1v) is 7.39. The number of carbonyl (C=O) groups is 2. The van der Waals surface area contributed by atoms with E-state index < -0.39 is 11.8 Å². The molecule has 21 heavy (non-hydrogen) atoms. The molecule has 112 valence electrons. The number of benzene rings is 1. The average Bonchev–Trinajstić information content (AvgIpc) is 2.94. The number of amides is 2. The number of carbonyl (C=O) groups excluding carboxylic acids is 2. The molecule has 0 saturated heterocycles. The third-order valence-electron chi connectivity index (χ3n) is 3.04. The van der Waals surface area contributed by atoms with Crippen LogP contribution in [0.15, 0.2) is 23.3 Å². The quantitative estimate of drug-likeness (QED) is 0.657. The van der Waals surface area contributed by atoms with E-state index >= 15 is 0 Å². The van der Waals surface area contributed by atoms with Crippen molar-refractivity contribution in [1.29, 1.82) is 0 Å². The van der Waals surface area contributed by atoms with Gasteiger partial charge in [0.05, 0.1) is 10.0 Å². The average molecular weight is 328 g/mol. The molecule has 2 amide bonds. The number of rotatable bonds is 4. The second-order valence-electron chi connectivity index (χ2n) is 4.77. The molecule has 0 radical (unpaired) electrons. The normalized spacial score (nSPS) is 13.9. The summed E-state index contributed by atoms with van der Waals surface area (Å²) >= 11 is 11.6. The second kappa shape index (κ2) is 7.43. The van der Waals surface area contributed by atoms with E-state index in [4.69, 9.17) is 23.2 Å². The molecule has 2 N–H and O–H groups in total. The topological polar surface area (TPSA) is 70.6 Å². The Balaban J connectivity index is 1.81. The van der Waals surface area contributed by atoms with E-state index in [9.17, 15) is 9.59 Å². The third kappa shape index (κ3) is 5.02. The first kappa shape index (κ1) is 15.8. The van der Waals surface area contributed by atoms with Crippen LogP contribution in [0, 0.1) is 0 Å². The van der Waals surface area contributed by atoms with Gasteiger partial charge in [0.15, 0.2) is 0 Å². The molecular formula is C14H15Cl2N3O2. The van der Waals surface area contributed by atoms with Crippen LogP contribution in [-0.4, -0.2) is 17.5 Å². The van der Waals surface area contributed by atoms with Crippen molar-refractivity contribution in [3.63, 3.8) is 0 Å². The van der Waals surface area contributed by atoms with Crippen molar-refractivity contribution in [2.75, 3.05) is 5.32 Å². The fourth-order valence-corrected chi connectivity index (χ4v) is 2.30. The minimum Gasteiger partial charge on any atom is -0.326 e. The summed E-state index contributed by atoms with van der Waals surface area (Å²) in [5, 5.41) is 7.33. The van der Waals surface area contributed by atoms with Gasteiger partial charge in [-0.05, 0) is 43.9 Å². The Morgan fingerprint density at radius 2 is 1.81 bits per heavy atom. The van der Waals surface area contributed by atoms with Gasteiger partial charge in [-0.15, -0.1) is 0 Å². The van der Waals surface area contributed by atoms with E-state index in [1.807, 2.05) is 0 Å². The van der Waals surface area contributed by atoms with Crippen LogP contribution in [0.4, 0.5) is 5.69 Å². The van der Waals surface area contributed by atoms with Gasteiger partial charge in [0.2, 0.25) is 11.8 Å². The molecule has 0 bridgehead atoms. The Morgan fingerprint density at radius 1 is 1.10 bits per heavy atom. The molecule has 1 aromatic carbocycles. The number of hydrogen-bond donors (Lipinski definition) is 2. The number of halogens is 2. The zero-order chi connectivity index (χ0) is 15.2. The fraction of sp³-hybridized carbons (Fsp3) is 0.357. The van der Waals surface area contributed by atoms with Crippen molar-refractivity contribution in [3.8, 4) is 0 Å². The molecule has 1 aliphatic rings. The fourth-order valence-electron chi connectivity index (χ4n) is 2.00. The maximum atomic E-state index is 11.7. The second-order valence-corrected chi connectivity index (χ2v) is 5.59. The first-order valence-electron chi connectivity index (χ1n) is 6.64. The highest BCUT2D eigenvalue weighted by Crippen LogP contribution is 2.25. The molecule has 7 heteroatoms. The summed E-state index contributed by atoms with van der Waals surface area (Å²) in [5.74, 6) is -0.871. The van der Waals surface area contributed by atoms with E-state index in [0.717, 1.165) is 31.4 Å². The number of nitrogens with zero attached hydrogens (tertiary/aromatic N) is 1. The summed E-state index contributed by atoms with van der Waals surface area (Å²) in [4.78, 5) is 23.3. The predicted octanol–water partition coefficient (Wildman–Crippen LogP) is 3.37. The molecule has 0 aliphatic heterocycles. The van der Waals surface area contributed by atoms with Crippen LogP contribution in [0.1, 0.15) is 32.1 Å². The van der Waals surface area contributed by atoms with Crippen LogP contribution in [0.3, 0.4) is 0 Å². The van der Waals surface area contributed by atoms with Gasteiger partial charge < -0.3 is 5.32 Å². The lowest BCUT2D eigenvalue weighted by molar-refractivity contribution is -0.126. The number of anilines is 1. The number of hydrazone groups is 1. The molecule has 1 aromatic rings. The van der Waals surface area contributed by atoms with Gasteiger partial charge in [-0.25, -0.2) is 5.43 Å². The van der Waals surface area contributed by atoms with Gasteiger partial charge in [0, 0.05) is 11.4 Å². The van der Waals surface area contributed by atoms with Gasteiger partial charge >= 0.3 is 0 Å². The van der Waals surface area contributed by atoms with E-state index in [0.29, 0.717) is 15.7 Å². The Morgan fingerprint density at radius 3 is 2.48 bits per heavy atom. The van der Waals surface area contributed by atoms with Crippen LogP contribution in [0.25, 0.3) is 0 Å². The lowest BCUT2D eigenvalue weighted by Gasteiger charge is -2.06. The van der Waals surface area contributed by atoms with Gasteiger partial charge in [0.25, 0.3) is 0 Å². The van der Waals surface area contributed by atoms with Crippen molar-refractivity contribution < 1.29 is 9.59 Å². The number of hydrogen-bond acceptors (Lipinski definition) is 3. The Bertz CT molecular complexity index is 580. The monoisotopic (exact) mass is 327 g/mol.